The van der Waals surface area contributed by atoms with Gasteiger partial charge in [-0.25, -0.2) is 4.79 Å². The van der Waals surface area contributed by atoms with Crippen LogP contribution in [-0.2, 0) is 14.3 Å². The molecule has 0 saturated carbocycles. The van der Waals surface area contributed by atoms with E-state index < -0.39 is 42.8 Å². The van der Waals surface area contributed by atoms with E-state index in [9.17, 15) is 25.4 Å². The summed E-state index contributed by atoms with van der Waals surface area (Å²) >= 11 is 0. The van der Waals surface area contributed by atoms with Gasteiger partial charge in [-0.3, -0.25) is 0 Å². The highest BCUT2D eigenvalue weighted by molar-refractivity contribution is 5.84. The quantitative estimate of drug-likeness (QED) is 0.567. The number of benzene rings is 2. The number of ether oxygens (including phenoxy) is 3. The number of hydrogen-bond donors (Lipinski definition) is 4. The van der Waals surface area contributed by atoms with E-state index in [1.54, 1.807) is 37.4 Å². The number of aliphatic carboxylic acids is 1. The molecular weight excluding hydrogens is 370 g/mol. The lowest BCUT2D eigenvalue weighted by Crippen LogP contribution is -2.60. The molecule has 0 aromatic heterocycles. The molecule has 0 spiro atoms. The molecule has 0 radical (unpaired) electrons. The number of carboxylic acids is 1. The molecule has 1 fully saturated rings. The highest BCUT2D eigenvalue weighted by atomic mass is 16.7. The molecule has 0 aliphatic carbocycles. The predicted octanol–water partition coefficient (Wildman–Crippen LogP) is 0.322. The topological polar surface area (TPSA) is 149 Å². The van der Waals surface area contributed by atoms with Crippen molar-refractivity contribution in [1.29, 1.82) is 5.26 Å². The molecule has 2 aromatic rings. The zero-order chi connectivity index (χ0) is 20.4. The van der Waals surface area contributed by atoms with Gasteiger partial charge in [-0.2, -0.15) is 5.26 Å². The highest BCUT2D eigenvalue weighted by Crippen LogP contribution is 2.30. The second-order valence-corrected chi connectivity index (χ2v) is 6.35. The first-order chi connectivity index (χ1) is 13.3. The summed E-state index contributed by atoms with van der Waals surface area (Å²) in [7, 11) is 1.56. The van der Waals surface area contributed by atoms with Crippen LogP contribution in [0.2, 0.25) is 0 Å². The molecule has 1 aliphatic heterocycles. The molecular formula is C19H19NO8. The van der Waals surface area contributed by atoms with Crippen molar-refractivity contribution in [3.63, 3.8) is 0 Å². The number of nitrogens with zero attached hydrogens (tertiary/aromatic N) is 1. The summed E-state index contributed by atoms with van der Waals surface area (Å²) < 4.78 is 15.7. The third-order valence-corrected chi connectivity index (χ3v) is 4.57. The molecule has 1 saturated heterocycles. The number of aliphatic hydroxyl groups excluding tert-OH is 3. The van der Waals surface area contributed by atoms with E-state index in [4.69, 9.17) is 19.3 Å². The maximum absolute atomic E-state index is 11.2. The van der Waals surface area contributed by atoms with Crippen LogP contribution >= 0.6 is 0 Å². The number of carboxylic acid groups (broad SMARTS) is 1. The van der Waals surface area contributed by atoms with Crippen molar-refractivity contribution in [3.8, 4) is 11.8 Å². The minimum absolute atomic E-state index is 0.448. The van der Waals surface area contributed by atoms with Crippen LogP contribution in [0.15, 0.2) is 36.4 Å². The fourth-order valence-electron chi connectivity index (χ4n) is 3.01. The van der Waals surface area contributed by atoms with Gasteiger partial charge in [0.15, 0.2) is 18.5 Å². The average Bonchev–Trinajstić information content (AvgIpc) is 2.70. The number of hydrogen-bond acceptors (Lipinski definition) is 8. The Morgan fingerprint density at radius 1 is 1.11 bits per heavy atom. The zero-order valence-corrected chi connectivity index (χ0v) is 14.8. The SMILES string of the molecule is COc1ccc2cc(C(C#N)O[C@H]3OC(C(=O)O)[C@@H](O)C(O)[C@H]3O)ccc2c1. The van der Waals surface area contributed by atoms with Crippen LogP contribution < -0.4 is 4.74 Å². The van der Waals surface area contributed by atoms with Crippen molar-refractivity contribution in [2.45, 2.75) is 36.8 Å². The largest absolute Gasteiger partial charge is 0.497 e. The maximum atomic E-state index is 11.2. The minimum Gasteiger partial charge on any atom is -0.497 e. The molecule has 4 N–H and O–H groups in total. The molecule has 0 amide bonds. The van der Waals surface area contributed by atoms with Crippen LogP contribution in [0.5, 0.6) is 5.75 Å². The van der Waals surface area contributed by atoms with Crippen LogP contribution in [0, 0.1) is 11.3 Å². The van der Waals surface area contributed by atoms with Gasteiger partial charge in [-0.15, -0.1) is 0 Å². The molecule has 3 rings (SSSR count). The maximum Gasteiger partial charge on any atom is 0.335 e. The van der Waals surface area contributed by atoms with Gasteiger partial charge in [-0.05, 0) is 34.5 Å². The van der Waals surface area contributed by atoms with Crippen molar-refractivity contribution in [2.75, 3.05) is 7.11 Å². The lowest BCUT2D eigenvalue weighted by Gasteiger charge is -2.39. The first-order valence-corrected chi connectivity index (χ1v) is 8.41. The molecule has 2 aromatic carbocycles. The van der Waals surface area contributed by atoms with E-state index in [-0.39, 0.29) is 0 Å². The van der Waals surface area contributed by atoms with Crippen molar-refractivity contribution in [2.24, 2.45) is 0 Å². The summed E-state index contributed by atoms with van der Waals surface area (Å²) in [6, 6.07) is 12.4. The summed E-state index contributed by atoms with van der Waals surface area (Å²) in [4.78, 5) is 11.2. The zero-order valence-electron chi connectivity index (χ0n) is 14.8. The number of methoxy groups -OCH3 is 1. The second kappa shape index (κ2) is 8.10. The Kier molecular flexibility index (Phi) is 5.79. The fraction of sp³-hybridized carbons (Fsp3) is 0.368. The molecule has 148 valence electrons. The predicted molar refractivity (Wildman–Crippen MR) is 94.3 cm³/mol. The molecule has 1 aliphatic rings. The van der Waals surface area contributed by atoms with Gasteiger partial charge in [0.1, 0.15) is 24.1 Å². The van der Waals surface area contributed by atoms with E-state index in [1.807, 2.05) is 12.1 Å². The Morgan fingerprint density at radius 3 is 2.43 bits per heavy atom. The van der Waals surface area contributed by atoms with Crippen LogP contribution in [0.25, 0.3) is 10.8 Å². The van der Waals surface area contributed by atoms with E-state index >= 15 is 0 Å². The lowest BCUT2D eigenvalue weighted by molar-refractivity contribution is -0.300. The monoisotopic (exact) mass is 389 g/mol. The molecule has 9 nitrogen and oxygen atoms in total. The Balaban J connectivity index is 1.84. The number of aliphatic hydroxyl groups is 3. The number of nitriles is 1. The molecule has 28 heavy (non-hydrogen) atoms. The van der Waals surface area contributed by atoms with Gasteiger partial charge in [0.25, 0.3) is 0 Å². The Morgan fingerprint density at radius 2 is 1.79 bits per heavy atom. The molecule has 0 bridgehead atoms. The van der Waals surface area contributed by atoms with Crippen LogP contribution in [-0.4, -0.2) is 64.2 Å². The highest BCUT2D eigenvalue weighted by Gasteiger charge is 2.48. The van der Waals surface area contributed by atoms with Crippen molar-refractivity contribution < 1.29 is 39.4 Å². The van der Waals surface area contributed by atoms with Gasteiger partial charge in [0, 0.05) is 0 Å². The van der Waals surface area contributed by atoms with Crippen LogP contribution in [0.4, 0.5) is 0 Å². The third-order valence-electron chi connectivity index (χ3n) is 4.57. The van der Waals surface area contributed by atoms with E-state index in [1.165, 1.54) is 0 Å². The smallest absolute Gasteiger partial charge is 0.335 e. The first kappa shape index (κ1) is 20.0. The van der Waals surface area contributed by atoms with Crippen molar-refractivity contribution >= 4 is 16.7 Å². The van der Waals surface area contributed by atoms with Crippen molar-refractivity contribution in [3.05, 3.63) is 42.0 Å². The molecule has 9 heteroatoms. The standard InChI is InChI=1S/C19H19NO8/c1-26-12-5-4-9-6-11(3-2-10(9)7-12)13(8-20)27-19-16(23)14(21)15(22)17(28-19)18(24)25/h2-7,13-17,19,21-23H,1H3,(H,24,25)/t13?,14?,15-,16+,17?,19-/m0/s1. The van der Waals surface area contributed by atoms with Gasteiger partial charge >= 0.3 is 5.97 Å². The fourth-order valence-corrected chi connectivity index (χ4v) is 3.01. The van der Waals surface area contributed by atoms with E-state index in [2.05, 4.69) is 0 Å². The molecule has 6 atom stereocenters. The average molecular weight is 389 g/mol. The first-order valence-electron chi connectivity index (χ1n) is 8.41. The molecule has 3 unspecified atom stereocenters. The summed E-state index contributed by atoms with van der Waals surface area (Å²) in [5.74, 6) is -0.848. The van der Waals surface area contributed by atoms with Gasteiger partial charge in [-0.1, -0.05) is 18.2 Å². The Hall–Kier alpha value is -2.74. The minimum atomic E-state index is -1.83. The van der Waals surface area contributed by atoms with Gasteiger partial charge in [0.2, 0.25) is 0 Å². The summed E-state index contributed by atoms with van der Waals surface area (Å²) in [6.45, 7) is 0. The lowest BCUT2D eigenvalue weighted by atomic mass is 9.98. The van der Waals surface area contributed by atoms with Gasteiger partial charge < -0.3 is 34.6 Å². The Bertz CT molecular complexity index is 910. The number of rotatable bonds is 5. The number of fused-ring (bicyclic) bond motifs is 1. The molecule has 1 heterocycles. The van der Waals surface area contributed by atoms with Crippen LogP contribution in [0.1, 0.15) is 11.7 Å². The summed E-state index contributed by atoms with van der Waals surface area (Å²) in [5.41, 5.74) is 0.448. The normalized spacial score (nSPS) is 28.5. The van der Waals surface area contributed by atoms with Crippen molar-refractivity contribution in [1.82, 2.24) is 0 Å². The Labute approximate surface area is 159 Å². The summed E-state index contributed by atoms with van der Waals surface area (Å²) in [5, 5.41) is 49.9. The third kappa shape index (κ3) is 3.77. The van der Waals surface area contributed by atoms with E-state index in [0.717, 1.165) is 10.8 Å². The van der Waals surface area contributed by atoms with E-state index in [0.29, 0.717) is 11.3 Å². The summed E-state index contributed by atoms with van der Waals surface area (Å²) in [6.07, 6.45) is -9.98. The number of carbonyl (C=O) groups is 1. The van der Waals surface area contributed by atoms with Crippen LogP contribution in [0.3, 0.4) is 0 Å². The van der Waals surface area contributed by atoms with Gasteiger partial charge in [0.05, 0.1) is 13.2 Å². The second-order valence-electron chi connectivity index (χ2n) is 6.35.